The van der Waals surface area contributed by atoms with Gasteiger partial charge in [-0.2, -0.15) is 0 Å². The SMILES string of the molecule is CCNc1ncccc1NC.Cl. The van der Waals surface area contributed by atoms with Gasteiger partial charge in [0.1, 0.15) is 5.82 Å². The van der Waals surface area contributed by atoms with Crippen LogP contribution in [-0.4, -0.2) is 18.6 Å². The molecule has 12 heavy (non-hydrogen) atoms. The predicted octanol–water partition coefficient (Wildman–Crippen LogP) is 1.98. The Hall–Kier alpha value is -0.960. The summed E-state index contributed by atoms with van der Waals surface area (Å²) in [5, 5.41) is 6.21. The van der Waals surface area contributed by atoms with Crippen molar-refractivity contribution in [3.8, 4) is 0 Å². The molecular formula is C8H14ClN3. The molecule has 0 spiro atoms. The number of nitrogens with zero attached hydrogens (tertiary/aromatic N) is 1. The smallest absolute Gasteiger partial charge is 0.149 e. The van der Waals surface area contributed by atoms with E-state index in [1.54, 1.807) is 6.20 Å². The minimum absolute atomic E-state index is 0. The fourth-order valence-electron chi connectivity index (χ4n) is 0.915. The Morgan fingerprint density at radius 2 is 2.25 bits per heavy atom. The van der Waals surface area contributed by atoms with E-state index in [1.807, 2.05) is 26.1 Å². The molecule has 0 bridgehead atoms. The first-order valence-corrected chi connectivity index (χ1v) is 3.75. The lowest BCUT2D eigenvalue weighted by molar-refractivity contribution is 1.16. The molecule has 1 aromatic heterocycles. The summed E-state index contributed by atoms with van der Waals surface area (Å²) < 4.78 is 0. The van der Waals surface area contributed by atoms with Crippen molar-refractivity contribution in [1.29, 1.82) is 0 Å². The van der Waals surface area contributed by atoms with E-state index in [2.05, 4.69) is 15.6 Å². The van der Waals surface area contributed by atoms with Crippen molar-refractivity contribution in [3.05, 3.63) is 18.3 Å². The van der Waals surface area contributed by atoms with Gasteiger partial charge in [0.15, 0.2) is 0 Å². The summed E-state index contributed by atoms with van der Waals surface area (Å²) in [7, 11) is 1.89. The normalized spacial score (nSPS) is 8.50. The van der Waals surface area contributed by atoms with Gasteiger partial charge < -0.3 is 10.6 Å². The highest BCUT2D eigenvalue weighted by Gasteiger charge is 1.96. The lowest BCUT2D eigenvalue weighted by atomic mass is 10.4. The van der Waals surface area contributed by atoms with Gasteiger partial charge in [-0.3, -0.25) is 0 Å². The fourth-order valence-corrected chi connectivity index (χ4v) is 0.915. The summed E-state index contributed by atoms with van der Waals surface area (Å²) in [5.41, 5.74) is 1.04. The summed E-state index contributed by atoms with van der Waals surface area (Å²) in [6.07, 6.45) is 1.78. The lowest BCUT2D eigenvalue weighted by Gasteiger charge is -2.07. The maximum atomic E-state index is 4.17. The van der Waals surface area contributed by atoms with Crippen LogP contribution in [0.1, 0.15) is 6.92 Å². The molecule has 0 fully saturated rings. The van der Waals surface area contributed by atoms with Gasteiger partial charge in [-0.1, -0.05) is 0 Å². The number of anilines is 2. The highest BCUT2D eigenvalue weighted by Crippen LogP contribution is 2.15. The molecule has 1 rings (SSSR count). The minimum atomic E-state index is 0. The van der Waals surface area contributed by atoms with Gasteiger partial charge in [0.25, 0.3) is 0 Å². The monoisotopic (exact) mass is 187 g/mol. The third kappa shape index (κ3) is 2.58. The molecule has 0 saturated heterocycles. The number of pyridine rings is 1. The van der Waals surface area contributed by atoms with E-state index in [0.29, 0.717) is 0 Å². The number of hydrogen-bond acceptors (Lipinski definition) is 3. The average molecular weight is 188 g/mol. The van der Waals surface area contributed by atoms with Gasteiger partial charge in [-0.25, -0.2) is 4.98 Å². The van der Waals surface area contributed by atoms with Crippen LogP contribution < -0.4 is 10.6 Å². The highest BCUT2D eigenvalue weighted by atomic mass is 35.5. The maximum Gasteiger partial charge on any atom is 0.149 e. The first-order chi connectivity index (χ1) is 5.38. The third-order valence-electron chi connectivity index (χ3n) is 1.42. The Balaban J connectivity index is 0.00000121. The second-order valence-corrected chi connectivity index (χ2v) is 2.18. The van der Waals surface area contributed by atoms with Crippen molar-refractivity contribution >= 4 is 23.9 Å². The van der Waals surface area contributed by atoms with Crippen LogP contribution in [0.25, 0.3) is 0 Å². The van der Waals surface area contributed by atoms with Gasteiger partial charge in [-0.05, 0) is 19.1 Å². The lowest BCUT2D eigenvalue weighted by Crippen LogP contribution is -2.02. The summed E-state index contributed by atoms with van der Waals surface area (Å²) in [5.74, 6) is 0.914. The summed E-state index contributed by atoms with van der Waals surface area (Å²) >= 11 is 0. The largest absolute Gasteiger partial charge is 0.385 e. The van der Waals surface area contributed by atoms with Crippen molar-refractivity contribution in [2.45, 2.75) is 6.92 Å². The Morgan fingerprint density at radius 1 is 1.50 bits per heavy atom. The Kier molecular flexibility index (Phi) is 5.21. The molecule has 68 valence electrons. The fraction of sp³-hybridized carbons (Fsp3) is 0.375. The molecular weight excluding hydrogens is 174 g/mol. The summed E-state index contributed by atoms with van der Waals surface area (Å²) in [6.45, 7) is 2.94. The molecule has 1 heterocycles. The van der Waals surface area contributed by atoms with Gasteiger partial charge >= 0.3 is 0 Å². The Labute approximate surface area is 79.0 Å². The standard InChI is InChI=1S/C8H13N3.ClH/c1-3-10-8-7(9-2)5-4-6-11-8;/h4-6,9H,3H2,1-2H3,(H,10,11);1H. The minimum Gasteiger partial charge on any atom is -0.385 e. The zero-order valence-corrected chi connectivity index (χ0v) is 8.11. The van der Waals surface area contributed by atoms with E-state index < -0.39 is 0 Å². The molecule has 0 aromatic carbocycles. The van der Waals surface area contributed by atoms with Crippen LogP contribution in [0.15, 0.2) is 18.3 Å². The third-order valence-corrected chi connectivity index (χ3v) is 1.42. The Bertz CT molecular complexity index is 227. The van der Waals surface area contributed by atoms with Gasteiger partial charge in [0.2, 0.25) is 0 Å². The molecule has 4 heteroatoms. The molecule has 0 unspecified atom stereocenters. The second kappa shape index (κ2) is 5.66. The van der Waals surface area contributed by atoms with Crippen molar-refractivity contribution in [2.75, 3.05) is 24.2 Å². The first-order valence-electron chi connectivity index (χ1n) is 3.75. The molecule has 0 aliphatic heterocycles. The Morgan fingerprint density at radius 3 is 2.83 bits per heavy atom. The van der Waals surface area contributed by atoms with Crippen LogP contribution in [0.4, 0.5) is 11.5 Å². The van der Waals surface area contributed by atoms with Gasteiger partial charge in [0, 0.05) is 19.8 Å². The zero-order valence-electron chi connectivity index (χ0n) is 7.29. The van der Waals surface area contributed by atoms with E-state index in [4.69, 9.17) is 0 Å². The number of hydrogen-bond donors (Lipinski definition) is 2. The van der Waals surface area contributed by atoms with Crippen molar-refractivity contribution in [3.63, 3.8) is 0 Å². The molecule has 0 saturated carbocycles. The molecule has 0 aliphatic carbocycles. The number of aromatic nitrogens is 1. The summed E-state index contributed by atoms with van der Waals surface area (Å²) in [4.78, 5) is 4.17. The molecule has 0 atom stereocenters. The van der Waals surface area contributed by atoms with E-state index in [1.165, 1.54) is 0 Å². The number of halogens is 1. The van der Waals surface area contributed by atoms with Crippen LogP contribution in [0.5, 0.6) is 0 Å². The van der Waals surface area contributed by atoms with Crippen molar-refractivity contribution < 1.29 is 0 Å². The van der Waals surface area contributed by atoms with E-state index >= 15 is 0 Å². The molecule has 0 aliphatic rings. The van der Waals surface area contributed by atoms with Crippen LogP contribution >= 0.6 is 12.4 Å². The van der Waals surface area contributed by atoms with Crippen LogP contribution in [0.2, 0.25) is 0 Å². The molecule has 0 radical (unpaired) electrons. The average Bonchev–Trinajstić information content (AvgIpc) is 2.06. The number of rotatable bonds is 3. The van der Waals surface area contributed by atoms with Crippen molar-refractivity contribution in [1.82, 2.24) is 4.98 Å². The number of nitrogens with one attached hydrogen (secondary N) is 2. The molecule has 3 nitrogen and oxygen atoms in total. The molecule has 2 N–H and O–H groups in total. The van der Waals surface area contributed by atoms with Crippen LogP contribution in [0.3, 0.4) is 0 Å². The second-order valence-electron chi connectivity index (χ2n) is 2.18. The molecule has 1 aromatic rings. The van der Waals surface area contributed by atoms with Crippen LogP contribution in [0, 0.1) is 0 Å². The van der Waals surface area contributed by atoms with Crippen LogP contribution in [-0.2, 0) is 0 Å². The summed E-state index contributed by atoms with van der Waals surface area (Å²) in [6, 6.07) is 3.90. The van der Waals surface area contributed by atoms with E-state index in [0.717, 1.165) is 18.1 Å². The quantitative estimate of drug-likeness (QED) is 0.760. The first kappa shape index (κ1) is 11.0. The van der Waals surface area contributed by atoms with E-state index in [9.17, 15) is 0 Å². The van der Waals surface area contributed by atoms with Crippen molar-refractivity contribution in [2.24, 2.45) is 0 Å². The topological polar surface area (TPSA) is 37.0 Å². The highest BCUT2D eigenvalue weighted by molar-refractivity contribution is 5.85. The van der Waals surface area contributed by atoms with Gasteiger partial charge in [-0.15, -0.1) is 12.4 Å². The van der Waals surface area contributed by atoms with Gasteiger partial charge in [0.05, 0.1) is 5.69 Å². The zero-order chi connectivity index (χ0) is 8.10. The predicted molar refractivity (Wildman–Crippen MR) is 55.2 cm³/mol. The maximum absolute atomic E-state index is 4.17. The molecule has 0 amide bonds. The van der Waals surface area contributed by atoms with E-state index in [-0.39, 0.29) is 12.4 Å².